The second-order valence-electron chi connectivity index (χ2n) is 9.60. The summed E-state index contributed by atoms with van der Waals surface area (Å²) in [5, 5.41) is 14.2. The maximum absolute atomic E-state index is 9.95. The Balaban J connectivity index is 1.47. The quantitative estimate of drug-likeness (QED) is 0.710. The zero-order valence-electron chi connectivity index (χ0n) is 18.6. The van der Waals surface area contributed by atoms with Crippen LogP contribution < -0.4 is 10.1 Å². The molecule has 2 aromatic rings. The molecular weight excluding hydrogens is 392 g/mol. The van der Waals surface area contributed by atoms with Crippen molar-refractivity contribution >= 4 is 16.9 Å². The smallest absolute Gasteiger partial charge is 0.224 e. The number of rotatable bonds is 6. The Morgan fingerprint density at radius 1 is 1.10 bits per heavy atom. The van der Waals surface area contributed by atoms with Crippen LogP contribution in [0.15, 0.2) is 12.4 Å². The number of hydrogen-bond acceptors (Lipinski definition) is 7. The highest BCUT2D eigenvalue weighted by Crippen LogP contribution is 2.39. The highest BCUT2D eigenvalue weighted by molar-refractivity contribution is 5.86. The van der Waals surface area contributed by atoms with Crippen LogP contribution in [-0.4, -0.2) is 50.5 Å². The largest absolute Gasteiger partial charge is 0.474 e. The zero-order chi connectivity index (χ0) is 21.4. The third-order valence-electron chi connectivity index (χ3n) is 7.26. The molecule has 5 rings (SSSR count). The first-order valence-electron chi connectivity index (χ1n) is 12.0. The van der Waals surface area contributed by atoms with Crippen LogP contribution in [0.5, 0.6) is 5.88 Å². The number of aliphatic hydroxyl groups excluding tert-OH is 1. The standard InChI is InChI=1S/C24H34N4O3/c1-3-14(2)27-24-26-13-21-22(28-24)20(15-4-6-16(29)7-5-15)12-25-23(21)31-19-10-17-8-9-18(11-19)30-17/h12-19,29H,3-11H2,1-2H3,(H,26,27,28)/t14-,15?,16?,17-,18+,19?/m0/s1. The molecule has 0 spiro atoms. The van der Waals surface area contributed by atoms with E-state index >= 15 is 0 Å². The van der Waals surface area contributed by atoms with Gasteiger partial charge in [0, 0.05) is 36.8 Å². The van der Waals surface area contributed by atoms with Crippen molar-refractivity contribution in [2.75, 3.05) is 5.32 Å². The van der Waals surface area contributed by atoms with Crippen molar-refractivity contribution in [1.29, 1.82) is 0 Å². The Bertz CT molecular complexity index is 903. The minimum absolute atomic E-state index is 0.135. The molecule has 31 heavy (non-hydrogen) atoms. The first kappa shape index (κ1) is 20.9. The van der Waals surface area contributed by atoms with Crippen LogP contribution >= 0.6 is 0 Å². The second-order valence-corrected chi connectivity index (χ2v) is 9.60. The molecule has 7 heteroatoms. The predicted octanol–water partition coefficient (Wildman–Crippen LogP) is 4.34. The molecule has 4 atom stereocenters. The van der Waals surface area contributed by atoms with Crippen LogP contribution in [-0.2, 0) is 4.74 Å². The monoisotopic (exact) mass is 426 g/mol. The van der Waals surface area contributed by atoms with Gasteiger partial charge in [0.1, 0.15) is 6.10 Å². The van der Waals surface area contributed by atoms with Gasteiger partial charge in [0.25, 0.3) is 0 Å². The van der Waals surface area contributed by atoms with Crippen molar-refractivity contribution < 1.29 is 14.6 Å². The van der Waals surface area contributed by atoms with Crippen LogP contribution in [0.4, 0.5) is 5.95 Å². The molecule has 0 aromatic carbocycles. The summed E-state index contributed by atoms with van der Waals surface area (Å²) in [4.78, 5) is 14.3. The van der Waals surface area contributed by atoms with E-state index in [1.54, 1.807) is 0 Å². The number of anilines is 1. The van der Waals surface area contributed by atoms with Gasteiger partial charge >= 0.3 is 0 Å². The summed E-state index contributed by atoms with van der Waals surface area (Å²) in [6.45, 7) is 4.28. The summed E-state index contributed by atoms with van der Waals surface area (Å²) in [5.41, 5.74) is 2.08. The second kappa shape index (κ2) is 8.87. The van der Waals surface area contributed by atoms with Gasteiger partial charge in [-0.2, -0.15) is 0 Å². The molecule has 2 saturated heterocycles. The minimum Gasteiger partial charge on any atom is -0.474 e. The molecule has 7 nitrogen and oxygen atoms in total. The zero-order valence-corrected chi connectivity index (χ0v) is 18.6. The molecule has 0 amide bonds. The maximum atomic E-state index is 9.95. The highest BCUT2D eigenvalue weighted by Gasteiger charge is 2.36. The topological polar surface area (TPSA) is 89.4 Å². The fraction of sp³-hybridized carbons (Fsp3) is 0.708. The predicted molar refractivity (Wildman–Crippen MR) is 119 cm³/mol. The minimum atomic E-state index is -0.181. The molecular formula is C24H34N4O3. The van der Waals surface area contributed by atoms with Crippen LogP contribution in [0.2, 0.25) is 0 Å². The first-order chi connectivity index (χ1) is 15.1. The molecule has 2 bridgehead atoms. The van der Waals surface area contributed by atoms with Crippen molar-refractivity contribution in [2.24, 2.45) is 0 Å². The molecule has 168 valence electrons. The molecule has 1 saturated carbocycles. The van der Waals surface area contributed by atoms with Gasteiger partial charge in [0.2, 0.25) is 11.8 Å². The molecule has 0 radical (unpaired) electrons. The van der Waals surface area contributed by atoms with Gasteiger partial charge in [-0.1, -0.05) is 6.92 Å². The summed E-state index contributed by atoms with van der Waals surface area (Å²) < 4.78 is 12.4. The molecule has 1 aliphatic carbocycles. The number of aliphatic hydroxyl groups is 1. The van der Waals surface area contributed by atoms with E-state index in [0.717, 1.165) is 74.3 Å². The number of aromatic nitrogens is 3. The Labute approximate surface area is 184 Å². The first-order valence-corrected chi connectivity index (χ1v) is 12.0. The van der Waals surface area contributed by atoms with Gasteiger partial charge in [-0.3, -0.25) is 0 Å². The fourth-order valence-electron chi connectivity index (χ4n) is 5.25. The summed E-state index contributed by atoms with van der Waals surface area (Å²) in [6.07, 6.45) is 13.1. The molecule has 2 aliphatic heterocycles. The van der Waals surface area contributed by atoms with Crippen molar-refractivity contribution in [1.82, 2.24) is 15.0 Å². The van der Waals surface area contributed by atoms with E-state index in [4.69, 9.17) is 19.4 Å². The lowest BCUT2D eigenvalue weighted by Gasteiger charge is -2.29. The van der Waals surface area contributed by atoms with Crippen molar-refractivity contribution in [3.8, 4) is 5.88 Å². The molecule has 3 aliphatic rings. The normalized spacial score (nSPS) is 31.5. The Hall–Kier alpha value is -1.99. The molecule has 3 fully saturated rings. The molecule has 2 N–H and O–H groups in total. The van der Waals surface area contributed by atoms with Gasteiger partial charge in [-0.15, -0.1) is 0 Å². The van der Waals surface area contributed by atoms with Gasteiger partial charge < -0.3 is 19.9 Å². The van der Waals surface area contributed by atoms with E-state index < -0.39 is 0 Å². The van der Waals surface area contributed by atoms with E-state index in [0.29, 0.717) is 36.0 Å². The maximum Gasteiger partial charge on any atom is 0.224 e. The third-order valence-corrected chi connectivity index (χ3v) is 7.26. The van der Waals surface area contributed by atoms with Crippen LogP contribution in [0.25, 0.3) is 10.9 Å². The highest BCUT2D eigenvalue weighted by atomic mass is 16.5. The number of nitrogens with zero attached hydrogens (tertiary/aromatic N) is 3. The van der Waals surface area contributed by atoms with Crippen LogP contribution in [0.3, 0.4) is 0 Å². The van der Waals surface area contributed by atoms with E-state index in [9.17, 15) is 5.11 Å². The Morgan fingerprint density at radius 3 is 2.55 bits per heavy atom. The lowest BCUT2D eigenvalue weighted by atomic mass is 9.83. The number of ether oxygens (including phenoxy) is 2. The SMILES string of the molecule is CC[C@H](C)Nc1ncc2c(OC3C[C@H]4CC[C@@H](C3)O4)ncc(C3CCC(O)CC3)c2n1. The van der Waals surface area contributed by atoms with Gasteiger partial charge in [-0.05, 0) is 57.8 Å². The van der Waals surface area contributed by atoms with Gasteiger partial charge in [0.15, 0.2) is 0 Å². The van der Waals surface area contributed by atoms with Crippen molar-refractivity contribution in [2.45, 2.75) is 108 Å². The number of pyridine rings is 1. The van der Waals surface area contributed by atoms with Crippen LogP contribution in [0, 0.1) is 0 Å². The lowest BCUT2D eigenvalue weighted by Crippen LogP contribution is -2.32. The average molecular weight is 427 g/mol. The van der Waals surface area contributed by atoms with Crippen molar-refractivity contribution in [3.05, 3.63) is 18.0 Å². The van der Waals surface area contributed by atoms with E-state index in [1.807, 2.05) is 12.4 Å². The fourth-order valence-corrected chi connectivity index (χ4v) is 5.25. The number of fused-ring (bicyclic) bond motifs is 3. The number of hydrogen-bond donors (Lipinski definition) is 2. The summed E-state index contributed by atoms with van der Waals surface area (Å²) in [7, 11) is 0. The lowest BCUT2D eigenvalue weighted by molar-refractivity contribution is -0.0445. The molecule has 4 heterocycles. The Morgan fingerprint density at radius 2 is 1.84 bits per heavy atom. The Kier molecular flexibility index (Phi) is 5.97. The molecule has 1 unspecified atom stereocenters. The van der Waals surface area contributed by atoms with E-state index in [-0.39, 0.29) is 12.2 Å². The van der Waals surface area contributed by atoms with E-state index in [2.05, 4.69) is 24.1 Å². The third kappa shape index (κ3) is 4.48. The summed E-state index contributed by atoms with van der Waals surface area (Å²) >= 11 is 0. The summed E-state index contributed by atoms with van der Waals surface area (Å²) in [6, 6.07) is 0.306. The van der Waals surface area contributed by atoms with Crippen LogP contribution in [0.1, 0.15) is 83.1 Å². The van der Waals surface area contributed by atoms with E-state index in [1.165, 1.54) is 0 Å². The summed E-state index contributed by atoms with van der Waals surface area (Å²) in [5.74, 6) is 1.65. The van der Waals surface area contributed by atoms with Crippen molar-refractivity contribution in [3.63, 3.8) is 0 Å². The molecule has 2 aromatic heterocycles. The average Bonchev–Trinajstić information content (AvgIpc) is 3.12. The number of nitrogens with one attached hydrogen (secondary N) is 1. The van der Waals surface area contributed by atoms with Gasteiger partial charge in [-0.25, -0.2) is 15.0 Å². The van der Waals surface area contributed by atoms with Gasteiger partial charge in [0.05, 0.1) is 29.2 Å².